The van der Waals surface area contributed by atoms with E-state index < -0.39 is 17.3 Å². The Kier molecular flexibility index (Phi) is 6.77. The Labute approximate surface area is 168 Å². The third-order valence-electron chi connectivity index (χ3n) is 5.14. The van der Waals surface area contributed by atoms with Gasteiger partial charge in [0.05, 0.1) is 0 Å². The summed E-state index contributed by atoms with van der Waals surface area (Å²) in [5.41, 5.74) is -0.269. The molecule has 29 heavy (non-hydrogen) atoms. The number of hydrogen-bond acceptors (Lipinski definition) is 4. The predicted molar refractivity (Wildman–Crippen MR) is 108 cm³/mol. The van der Waals surface area contributed by atoms with Crippen LogP contribution in [0.25, 0.3) is 0 Å². The Morgan fingerprint density at radius 3 is 2.66 bits per heavy atom. The summed E-state index contributed by atoms with van der Waals surface area (Å²) >= 11 is 0. The normalized spacial score (nSPS) is 17.0. The average Bonchev–Trinajstić information content (AvgIpc) is 2.70. The number of piperidine rings is 1. The summed E-state index contributed by atoms with van der Waals surface area (Å²) in [5.74, 6) is -1.31. The first kappa shape index (κ1) is 20.7. The summed E-state index contributed by atoms with van der Waals surface area (Å²) in [4.78, 5) is 39.5. The molecule has 0 radical (unpaired) electrons. The van der Waals surface area contributed by atoms with E-state index >= 15 is 0 Å². The minimum Gasteiger partial charge on any atom is -0.353 e. The van der Waals surface area contributed by atoms with Gasteiger partial charge in [-0.25, -0.2) is 4.39 Å². The van der Waals surface area contributed by atoms with Crippen LogP contribution in [-0.2, 0) is 11.3 Å². The number of rotatable bonds is 6. The van der Waals surface area contributed by atoms with Gasteiger partial charge in [-0.05, 0) is 62.8 Å². The smallest absolute Gasteiger partial charge is 0.263 e. The average molecular weight is 400 g/mol. The van der Waals surface area contributed by atoms with Crippen LogP contribution in [-0.4, -0.2) is 47.5 Å². The Balaban J connectivity index is 1.61. The van der Waals surface area contributed by atoms with E-state index in [0.717, 1.165) is 19.4 Å². The lowest BCUT2D eigenvalue weighted by atomic mass is 10.0. The first-order valence-corrected chi connectivity index (χ1v) is 9.67. The lowest BCUT2D eigenvalue weighted by Crippen LogP contribution is -2.45. The molecule has 1 unspecified atom stereocenters. The summed E-state index contributed by atoms with van der Waals surface area (Å²) in [7, 11) is 2.05. The van der Waals surface area contributed by atoms with Gasteiger partial charge in [0.2, 0.25) is 5.91 Å². The summed E-state index contributed by atoms with van der Waals surface area (Å²) < 4.78 is 14.2. The Morgan fingerprint density at radius 1 is 1.17 bits per heavy atom. The van der Waals surface area contributed by atoms with E-state index in [1.165, 1.54) is 47.5 Å². The fourth-order valence-corrected chi connectivity index (χ4v) is 3.41. The van der Waals surface area contributed by atoms with Crippen LogP contribution < -0.4 is 16.2 Å². The molecule has 1 aromatic heterocycles. The maximum absolute atomic E-state index is 13.0. The highest BCUT2D eigenvalue weighted by Crippen LogP contribution is 2.14. The molecule has 2 N–H and O–H groups in total. The molecule has 154 valence electrons. The number of hydrogen-bond donors (Lipinski definition) is 2. The predicted octanol–water partition coefficient (Wildman–Crippen LogP) is 1.84. The van der Waals surface area contributed by atoms with Gasteiger partial charge in [0.15, 0.2) is 0 Å². The van der Waals surface area contributed by atoms with Crippen LogP contribution in [0.3, 0.4) is 0 Å². The van der Waals surface area contributed by atoms with E-state index in [-0.39, 0.29) is 18.0 Å². The molecule has 2 aromatic rings. The Hall–Kier alpha value is -3.00. The zero-order valence-corrected chi connectivity index (χ0v) is 16.4. The van der Waals surface area contributed by atoms with Crippen molar-refractivity contribution in [1.82, 2.24) is 14.8 Å². The number of likely N-dealkylation sites (tertiary alicyclic amines) is 1. The molecule has 1 aliphatic heterocycles. The molecular formula is C21H25FN4O3. The first-order valence-electron chi connectivity index (χ1n) is 9.67. The number of pyridine rings is 1. The molecule has 7 nitrogen and oxygen atoms in total. The molecule has 2 heterocycles. The largest absolute Gasteiger partial charge is 0.353 e. The van der Waals surface area contributed by atoms with E-state index in [4.69, 9.17) is 0 Å². The zero-order valence-electron chi connectivity index (χ0n) is 16.4. The van der Waals surface area contributed by atoms with E-state index in [1.807, 2.05) is 7.05 Å². The number of amides is 2. The highest BCUT2D eigenvalue weighted by molar-refractivity contribution is 6.04. The van der Waals surface area contributed by atoms with Gasteiger partial charge in [-0.3, -0.25) is 14.4 Å². The van der Waals surface area contributed by atoms with Gasteiger partial charge in [-0.2, -0.15) is 0 Å². The monoisotopic (exact) mass is 400 g/mol. The van der Waals surface area contributed by atoms with E-state index in [1.54, 1.807) is 6.07 Å². The van der Waals surface area contributed by atoms with Gasteiger partial charge in [0.25, 0.3) is 11.5 Å². The molecule has 8 heteroatoms. The molecule has 0 bridgehead atoms. The van der Waals surface area contributed by atoms with Crippen molar-refractivity contribution in [2.24, 2.45) is 0 Å². The van der Waals surface area contributed by atoms with Crippen molar-refractivity contribution >= 4 is 17.5 Å². The van der Waals surface area contributed by atoms with Crippen molar-refractivity contribution in [1.29, 1.82) is 0 Å². The van der Waals surface area contributed by atoms with Crippen LogP contribution in [0.5, 0.6) is 0 Å². The molecule has 1 fully saturated rings. The summed E-state index contributed by atoms with van der Waals surface area (Å²) in [6, 6.07) is 8.49. The molecular weight excluding hydrogens is 375 g/mol. The zero-order chi connectivity index (χ0) is 20.8. The molecule has 3 rings (SSSR count). The fourth-order valence-electron chi connectivity index (χ4n) is 3.41. The first-order chi connectivity index (χ1) is 13.9. The molecule has 1 atom stereocenters. The minimum atomic E-state index is -0.611. The molecule has 0 aliphatic carbocycles. The number of benzene rings is 1. The van der Waals surface area contributed by atoms with Crippen molar-refractivity contribution in [3.63, 3.8) is 0 Å². The van der Waals surface area contributed by atoms with Gasteiger partial charge in [0.1, 0.15) is 17.9 Å². The van der Waals surface area contributed by atoms with Crippen molar-refractivity contribution in [2.45, 2.75) is 31.8 Å². The van der Waals surface area contributed by atoms with E-state index in [9.17, 15) is 18.8 Å². The number of likely N-dealkylation sites (N-methyl/N-ethyl adjacent to an activating group) is 1. The van der Waals surface area contributed by atoms with Crippen LogP contribution in [0, 0.1) is 5.82 Å². The summed E-state index contributed by atoms with van der Waals surface area (Å²) in [6.45, 7) is 1.40. The standard InChI is InChI=1S/C21H25FN4O3/c1-25-11-3-2-5-17(25)13-23-19(27)14-26-12-4-6-18(21(26)29)20(28)24-16-9-7-15(22)8-10-16/h4,6-10,12,17H,2-3,5,11,13-14H2,1H3,(H,23,27)(H,24,28). The maximum atomic E-state index is 13.0. The lowest BCUT2D eigenvalue weighted by molar-refractivity contribution is -0.122. The van der Waals surface area contributed by atoms with Crippen molar-refractivity contribution < 1.29 is 14.0 Å². The van der Waals surface area contributed by atoms with Gasteiger partial charge < -0.3 is 20.1 Å². The number of aromatic nitrogens is 1. The number of halogens is 1. The third kappa shape index (κ3) is 5.51. The van der Waals surface area contributed by atoms with Crippen LogP contribution in [0.15, 0.2) is 47.4 Å². The third-order valence-corrected chi connectivity index (χ3v) is 5.14. The van der Waals surface area contributed by atoms with Crippen molar-refractivity contribution in [3.8, 4) is 0 Å². The Morgan fingerprint density at radius 2 is 1.93 bits per heavy atom. The van der Waals surface area contributed by atoms with Gasteiger partial charge >= 0.3 is 0 Å². The van der Waals surface area contributed by atoms with Crippen molar-refractivity contribution in [2.75, 3.05) is 25.5 Å². The minimum absolute atomic E-state index is 0.0864. The van der Waals surface area contributed by atoms with Crippen LogP contribution in [0.2, 0.25) is 0 Å². The SMILES string of the molecule is CN1CCCCC1CNC(=O)Cn1cccc(C(=O)Nc2ccc(F)cc2)c1=O. The van der Waals surface area contributed by atoms with Gasteiger partial charge in [0, 0.05) is 24.5 Å². The summed E-state index contributed by atoms with van der Waals surface area (Å²) in [6.07, 6.45) is 4.83. The molecule has 0 spiro atoms. The van der Waals surface area contributed by atoms with E-state index in [2.05, 4.69) is 15.5 Å². The summed E-state index contributed by atoms with van der Waals surface area (Å²) in [5, 5.41) is 5.43. The highest BCUT2D eigenvalue weighted by atomic mass is 19.1. The number of nitrogens with one attached hydrogen (secondary N) is 2. The topological polar surface area (TPSA) is 83.4 Å². The lowest BCUT2D eigenvalue weighted by Gasteiger charge is -2.32. The van der Waals surface area contributed by atoms with Crippen LogP contribution in [0.1, 0.15) is 29.6 Å². The van der Waals surface area contributed by atoms with Gasteiger partial charge in [-0.1, -0.05) is 6.42 Å². The number of anilines is 1. The molecule has 0 saturated carbocycles. The number of nitrogens with zero attached hydrogens (tertiary/aromatic N) is 2. The fraction of sp³-hybridized carbons (Fsp3) is 0.381. The maximum Gasteiger partial charge on any atom is 0.263 e. The Bertz CT molecular complexity index is 926. The second-order valence-electron chi connectivity index (χ2n) is 7.25. The van der Waals surface area contributed by atoms with Crippen LogP contribution >= 0.6 is 0 Å². The highest BCUT2D eigenvalue weighted by Gasteiger charge is 2.20. The number of carbonyl (C=O) groups is 2. The second-order valence-corrected chi connectivity index (χ2v) is 7.25. The molecule has 1 saturated heterocycles. The second kappa shape index (κ2) is 9.47. The van der Waals surface area contributed by atoms with Crippen molar-refractivity contribution in [3.05, 3.63) is 64.3 Å². The quantitative estimate of drug-likeness (QED) is 0.775. The molecule has 1 aromatic carbocycles. The van der Waals surface area contributed by atoms with Gasteiger partial charge in [-0.15, -0.1) is 0 Å². The number of carbonyl (C=O) groups excluding carboxylic acids is 2. The molecule has 2 amide bonds. The van der Waals surface area contributed by atoms with Crippen LogP contribution in [0.4, 0.5) is 10.1 Å². The molecule has 1 aliphatic rings. The van der Waals surface area contributed by atoms with E-state index in [0.29, 0.717) is 18.3 Å².